The van der Waals surface area contributed by atoms with Crippen molar-refractivity contribution in [3.8, 4) is 5.75 Å². The summed E-state index contributed by atoms with van der Waals surface area (Å²) in [4.78, 5) is 5.81. The van der Waals surface area contributed by atoms with Crippen LogP contribution in [0.4, 0.5) is 0 Å². The third-order valence-electron chi connectivity index (χ3n) is 2.87. The minimum absolute atomic E-state index is 0.499. The summed E-state index contributed by atoms with van der Waals surface area (Å²) in [6, 6.07) is 14.2. The highest BCUT2D eigenvalue weighted by molar-refractivity contribution is 7.98. The molecule has 0 radical (unpaired) electrons. The molecule has 2 rings (SSSR count). The van der Waals surface area contributed by atoms with E-state index in [0.717, 1.165) is 30.2 Å². The molecular weight excluding hydrogens is 268 g/mol. The first-order chi connectivity index (χ1) is 9.81. The molecule has 0 aliphatic carbocycles. The molecule has 1 aromatic carbocycles. The van der Waals surface area contributed by atoms with Crippen molar-refractivity contribution in [2.75, 3.05) is 12.8 Å². The van der Waals surface area contributed by atoms with E-state index in [0.29, 0.717) is 6.61 Å². The van der Waals surface area contributed by atoms with Crippen LogP contribution in [-0.2, 0) is 13.2 Å². The largest absolute Gasteiger partial charge is 0.487 e. The zero-order valence-corrected chi connectivity index (χ0v) is 12.7. The van der Waals surface area contributed by atoms with Gasteiger partial charge in [0.25, 0.3) is 0 Å². The summed E-state index contributed by atoms with van der Waals surface area (Å²) in [5.74, 6) is 0.877. The van der Waals surface area contributed by atoms with Gasteiger partial charge in [0.15, 0.2) is 0 Å². The molecule has 0 amide bonds. The van der Waals surface area contributed by atoms with Crippen LogP contribution in [0.3, 0.4) is 0 Å². The molecule has 1 heterocycles. The second-order valence-corrected chi connectivity index (χ2v) is 5.24. The second-order valence-electron chi connectivity index (χ2n) is 4.36. The van der Waals surface area contributed by atoms with Crippen LogP contribution in [0.15, 0.2) is 47.4 Å². The Morgan fingerprint density at radius 2 is 1.85 bits per heavy atom. The molecule has 0 saturated heterocycles. The van der Waals surface area contributed by atoms with Gasteiger partial charge in [-0.05, 0) is 49.2 Å². The van der Waals surface area contributed by atoms with Crippen LogP contribution >= 0.6 is 11.8 Å². The van der Waals surface area contributed by atoms with Gasteiger partial charge in [0, 0.05) is 11.4 Å². The molecule has 0 atom stereocenters. The lowest BCUT2D eigenvalue weighted by molar-refractivity contribution is 0.300. The first kappa shape index (κ1) is 14.9. The number of pyridine rings is 1. The van der Waals surface area contributed by atoms with Crippen molar-refractivity contribution in [1.82, 2.24) is 10.3 Å². The maximum absolute atomic E-state index is 5.76. The lowest BCUT2D eigenvalue weighted by Crippen LogP contribution is -2.13. The second kappa shape index (κ2) is 7.92. The van der Waals surface area contributed by atoms with E-state index in [2.05, 4.69) is 35.6 Å². The number of aromatic nitrogens is 1. The topological polar surface area (TPSA) is 34.1 Å². The first-order valence-corrected chi connectivity index (χ1v) is 7.96. The lowest BCUT2D eigenvalue weighted by Gasteiger charge is -2.08. The van der Waals surface area contributed by atoms with Crippen molar-refractivity contribution in [1.29, 1.82) is 0 Å². The van der Waals surface area contributed by atoms with Gasteiger partial charge in [0.1, 0.15) is 12.4 Å². The highest BCUT2D eigenvalue weighted by Gasteiger charge is 2.00. The SMILES string of the molecule is CCNCc1cccc(COc2ccc(SC)cc2)n1. The Hall–Kier alpha value is -1.52. The normalized spacial score (nSPS) is 10.5. The van der Waals surface area contributed by atoms with Gasteiger partial charge in [-0.25, -0.2) is 0 Å². The number of rotatable bonds is 7. The Labute approximate surface area is 124 Å². The molecule has 0 saturated carbocycles. The van der Waals surface area contributed by atoms with Crippen LogP contribution in [0, 0.1) is 0 Å². The van der Waals surface area contributed by atoms with E-state index >= 15 is 0 Å². The van der Waals surface area contributed by atoms with Crippen molar-refractivity contribution >= 4 is 11.8 Å². The smallest absolute Gasteiger partial charge is 0.130 e. The quantitative estimate of drug-likeness (QED) is 0.791. The highest BCUT2D eigenvalue weighted by Crippen LogP contribution is 2.19. The van der Waals surface area contributed by atoms with E-state index in [1.807, 2.05) is 30.3 Å². The van der Waals surface area contributed by atoms with Gasteiger partial charge in [-0.15, -0.1) is 11.8 Å². The number of hydrogen-bond donors (Lipinski definition) is 1. The van der Waals surface area contributed by atoms with Crippen molar-refractivity contribution < 1.29 is 4.74 Å². The molecule has 3 nitrogen and oxygen atoms in total. The predicted octanol–water partition coefficient (Wildman–Crippen LogP) is 3.49. The number of thioether (sulfide) groups is 1. The van der Waals surface area contributed by atoms with Gasteiger partial charge in [-0.1, -0.05) is 13.0 Å². The maximum atomic E-state index is 5.76. The Morgan fingerprint density at radius 1 is 1.10 bits per heavy atom. The Morgan fingerprint density at radius 3 is 2.55 bits per heavy atom. The Balaban J connectivity index is 1.92. The first-order valence-electron chi connectivity index (χ1n) is 6.74. The Kier molecular flexibility index (Phi) is 5.89. The Bertz CT molecular complexity index is 528. The van der Waals surface area contributed by atoms with Crippen molar-refractivity contribution in [2.45, 2.75) is 25.0 Å². The molecule has 0 fully saturated rings. The third kappa shape index (κ3) is 4.54. The van der Waals surface area contributed by atoms with Gasteiger partial charge in [-0.2, -0.15) is 0 Å². The van der Waals surface area contributed by atoms with Gasteiger partial charge in [0.05, 0.1) is 11.4 Å². The fraction of sp³-hybridized carbons (Fsp3) is 0.312. The van der Waals surface area contributed by atoms with Crippen LogP contribution in [-0.4, -0.2) is 17.8 Å². The van der Waals surface area contributed by atoms with E-state index in [9.17, 15) is 0 Å². The standard InChI is InChI=1S/C16H20N2OS/c1-3-17-11-13-5-4-6-14(18-13)12-19-15-7-9-16(20-2)10-8-15/h4-10,17H,3,11-12H2,1-2H3. The molecule has 1 N–H and O–H groups in total. The number of ether oxygens (including phenoxy) is 1. The summed E-state index contributed by atoms with van der Waals surface area (Å²) in [6.45, 7) is 4.33. The molecular formula is C16H20N2OS. The zero-order valence-electron chi connectivity index (χ0n) is 11.9. The average molecular weight is 288 g/mol. The molecule has 4 heteroatoms. The van der Waals surface area contributed by atoms with Crippen LogP contribution in [0.2, 0.25) is 0 Å². The van der Waals surface area contributed by atoms with Gasteiger partial charge >= 0.3 is 0 Å². The number of hydrogen-bond acceptors (Lipinski definition) is 4. The van der Waals surface area contributed by atoms with Crippen molar-refractivity contribution in [2.24, 2.45) is 0 Å². The predicted molar refractivity (Wildman–Crippen MR) is 84.2 cm³/mol. The number of benzene rings is 1. The van der Waals surface area contributed by atoms with Crippen LogP contribution in [0.25, 0.3) is 0 Å². The molecule has 0 aliphatic rings. The summed E-state index contributed by atoms with van der Waals surface area (Å²) in [5, 5.41) is 3.27. The summed E-state index contributed by atoms with van der Waals surface area (Å²) in [7, 11) is 0. The monoisotopic (exact) mass is 288 g/mol. The summed E-state index contributed by atoms with van der Waals surface area (Å²) >= 11 is 1.73. The molecule has 0 spiro atoms. The van der Waals surface area contributed by atoms with E-state index in [1.165, 1.54) is 4.90 Å². The van der Waals surface area contributed by atoms with Crippen molar-refractivity contribution in [3.63, 3.8) is 0 Å². The summed E-state index contributed by atoms with van der Waals surface area (Å²) in [6.07, 6.45) is 2.07. The number of nitrogens with zero attached hydrogens (tertiary/aromatic N) is 1. The minimum Gasteiger partial charge on any atom is -0.487 e. The average Bonchev–Trinajstić information content (AvgIpc) is 2.52. The van der Waals surface area contributed by atoms with Crippen LogP contribution in [0.5, 0.6) is 5.75 Å². The lowest BCUT2D eigenvalue weighted by atomic mass is 10.3. The van der Waals surface area contributed by atoms with E-state index in [4.69, 9.17) is 4.74 Å². The van der Waals surface area contributed by atoms with E-state index in [-0.39, 0.29) is 0 Å². The summed E-state index contributed by atoms with van der Waals surface area (Å²) < 4.78 is 5.76. The fourth-order valence-corrected chi connectivity index (χ4v) is 2.20. The van der Waals surface area contributed by atoms with Gasteiger partial charge in [0.2, 0.25) is 0 Å². The molecule has 106 valence electrons. The zero-order chi connectivity index (χ0) is 14.2. The summed E-state index contributed by atoms with van der Waals surface area (Å²) in [5.41, 5.74) is 2.00. The third-order valence-corrected chi connectivity index (χ3v) is 3.61. The molecule has 0 unspecified atom stereocenters. The molecule has 1 aromatic heterocycles. The van der Waals surface area contributed by atoms with Crippen molar-refractivity contribution in [3.05, 3.63) is 53.9 Å². The van der Waals surface area contributed by atoms with E-state index in [1.54, 1.807) is 11.8 Å². The molecule has 20 heavy (non-hydrogen) atoms. The fourth-order valence-electron chi connectivity index (χ4n) is 1.79. The molecule has 0 bridgehead atoms. The molecule has 0 aliphatic heterocycles. The van der Waals surface area contributed by atoms with Crippen LogP contribution in [0.1, 0.15) is 18.3 Å². The number of nitrogens with one attached hydrogen (secondary N) is 1. The highest BCUT2D eigenvalue weighted by atomic mass is 32.2. The van der Waals surface area contributed by atoms with E-state index < -0.39 is 0 Å². The minimum atomic E-state index is 0.499. The maximum Gasteiger partial charge on any atom is 0.130 e. The molecule has 2 aromatic rings. The van der Waals surface area contributed by atoms with Gasteiger partial charge < -0.3 is 10.1 Å². The van der Waals surface area contributed by atoms with Crippen LogP contribution < -0.4 is 10.1 Å². The van der Waals surface area contributed by atoms with Gasteiger partial charge in [-0.3, -0.25) is 4.98 Å².